The first kappa shape index (κ1) is 12.3. The minimum atomic E-state index is -0.570. The number of aromatic nitrogens is 4. The predicted molar refractivity (Wildman–Crippen MR) is 75.7 cm³/mol. The van der Waals surface area contributed by atoms with E-state index in [0.29, 0.717) is 22.8 Å². The normalized spacial score (nSPS) is 10.4. The monoisotopic (exact) mass is 286 g/mol. The van der Waals surface area contributed by atoms with Crippen molar-refractivity contribution in [3.63, 3.8) is 0 Å². The molecule has 0 spiro atoms. The Hall–Kier alpha value is -2.74. The molecule has 0 aliphatic rings. The lowest BCUT2D eigenvalue weighted by atomic mass is 10.1. The molecular weight excluding hydrogens is 276 g/mol. The lowest BCUT2D eigenvalue weighted by Gasteiger charge is -2.21. The minimum absolute atomic E-state index is 0.405. The summed E-state index contributed by atoms with van der Waals surface area (Å²) in [6.07, 6.45) is 0. The summed E-state index contributed by atoms with van der Waals surface area (Å²) in [6, 6.07) is 8.50. The van der Waals surface area contributed by atoms with Crippen molar-refractivity contribution in [1.82, 2.24) is 20.6 Å². The van der Waals surface area contributed by atoms with Crippen molar-refractivity contribution in [1.29, 1.82) is 0 Å². The number of hydrogen-bond donors (Lipinski definition) is 2. The Kier molecular flexibility index (Phi) is 3.13. The zero-order chi connectivity index (χ0) is 13.9. The number of rotatable bonds is 3. The van der Waals surface area contributed by atoms with Gasteiger partial charge in [-0.2, -0.15) is 16.6 Å². The molecule has 0 saturated carbocycles. The fourth-order valence-electron chi connectivity index (χ4n) is 1.90. The largest absolute Gasteiger partial charge is 0.351 e. The van der Waals surface area contributed by atoms with Crippen LogP contribution in [0.1, 0.15) is 0 Å². The number of amides is 2. The molecule has 0 radical (unpaired) electrons. The maximum atomic E-state index is 11.8. The molecule has 3 rings (SSSR count). The third-order valence-corrected chi connectivity index (χ3v) is 3.39. The van der Waals surface area contributed by atoms with Crippen LogP contribution < -0.4 is 10.6 Å². The van der Waals surface area contributed by atoms with Gasteiger partial charge in [0.15, 0.2) is 0 Å². The molecule has 0 atom stereocenters. The summed E-state index contributed by atoms with van der Waals surface area (Å²) in [4.78, 5) is 13.2. The van der Waals surface area contributed by atoms with E-state index in [-0.39, 0.29) is 0 Å². The molecule has 20 heavy (non-hydrogen) atoms. The molecule has 7 nitrogen and oxygen atoms in total. The van der Waals surface area contributed by atoms with Crippen LogP contribution in [0.4, 0.5) is 16.2 Å². The maximum absolute atomic E-state index is 11.8. The number of hydrogen-bond acceptors (Lipinski definition) is 5. The maximum Gasteiger partial charge on any atom is 0.323 e. The second kappa shape index (κ2) is 5.10. The number of nitrogens with two attached hydrogens (primary N) is 1. The number of carbonyl (C=O) groups excluding carboxylic acids is 1. The molecule has 3 aromatic rings. The average Bonchev–Trinajstić information content (AvgIpc) is 3.12. The van der Waals surface area contributed by atoms with Gasteiger partial charge in [-0.3, -0.25) is 4.90 Å². The van der Waals surface area contributed by atoms with Gasteiger partial charge in [-0.05, 0) is 28.8 Å². The van der Waals surface area contributed by atoms with Crippen LogP contribution in [0.2, 0.25) is 0 Å². The molecule has 2 heterocycles. The summed E-state index contributed by atoms with van der Waals surface area (Å²) < 4.78 is 0. The molecule has 0 fully saturated rings. The standard InChI is InChI=1S/C12H10N6OS/c13-12(19)18(8-5-6-20-7-8)10-4-2-1-3-9(10)11-14-16-17-15-11/h1-7H,(H2,13,19)(H,14,15,16,17). The average molecular weight is 286 g/mol. The first-order valence-corrected chi connectivity index (χ1v) is 6.66. The zero-order valence-electron chi connectivity index (χ0n) is 10.2. The van der Waals surface area contributed by atoms with Gasteiger partial charge < -0.3 is 5.73 Å². The SMILES string of the molecule is NC(=O)N(c1ccsc1)c1ccccc1-c1nn[nH]n1. The van der Waals surface area contributed by atoms with Crippen LogP contribution in [-0.2, 0) is 0 Å². The summed E-state index contributed by atoms with van der Waals surface area (Å²) in [5.41, 5.74) is 7.50. The van der Waals surface area contributed by atoms with E-state index in [1.165, 1.54) is 16.2 Å². The van der Waals surface area contributed by atoms with Crippen molar-refractivity contribution in [2.45, 2.75) is 0 Å². The van der Waals surface area contributed by atoms with Gasteiger partial charge in [0.1, 0.15) is 0 Å². The number of urea groups is 1. The van der Waals surface area contributed by atoms with E-state index in [0.717, 1.165) is 0 Å². The van der Waals surface area contributed by atoms with Gasteiger partial charge in [0.05, 0.1) is 11.4 Å². The topological polar surface area (TPSA) is 101 Å². The van der Waals surface area contributed by atoms with E-state index in [1.807, 2.05) is 35.0 Å². The van der Waals surface area contributed by atoms with E-state index in [2.05, 4.69) is 20.6 Å². The van der Waals surface area contributed by atoms with Gasteiger partial charge in [-0.1, -0.05) is 12.1 Å². The number of H-pyrrole nitrogens is 1. The Morgan fingerprint density at radius 1 is 1.30 bits per heavy atom. The van der Waals surface area contributed by atoms with E-state index in [9.17, 15) is 4.79 Å². The molecule has 0 bridgehead atoms. The fraction of sp³-hybridized carbons (Fsp3) is 0. The molecular formula is C12H10N6OS. The van der Waals surface area contributed by atoms with Gasteiger partial charge in [0.25, 0.3) is 0 Å². The van der Waals surface area contributed by atoms with Crippen molar-refractivity contribution in [3.05, 3.63) is 41.1 Å². The van der Waals surface area contributed by atoms with Gasteiger partial charge in [-0.15, -0.1) is 10.2 Å². The Balaban J connectivity index is 2.15. The molecule has 2 amide bonds. The number of aromatic amines is 1. The minimum Gasteiger partial charge on any atom is -0.351 e. The van der Waals surface area contributed by atoms with Crippen molar-refractivity contribution >= 4 is 28.7 Å². The second-order valence-electron chi connectivity index (χ2n) is 3.91. The summed E-state index contributed by atoms with van der Waals surface area (Å²) in [7, 11) is 0. The Morgan fingerprint density at radius 3 is 2.80 bits per heavy atom. The molecule has 1 aromatic carbocycles. The zero-order valence-corrected chi connectivity index (χ0v) is 11.0. The molecule has 100 valence electrons. The van der Waals surface area contributed by atoms with Crippen LogP contribution >= 0.6 is 11.3 Å². The number of tetrazole rings is 1. The van der Waals surface area contributed by atoms with Gasteiger partial charge in [-0.25, -0.2) is 4.79 Å². The Labute approximate surface area is 118 Å². The molecule has 8 heteroatoms. The number of para-hydroxylation sites is 1. The van der Waals surface area contributed by atoms with E-state index < -0.39 is 6.03 Å². The van der Waals surface area contributed by atoms with E-state index in [1.54, 1.807) is 6.07 Å². The fourth-order valence-corrected chi connectivity index (χ4v) is 2.52. The highest BCUT2D eigenvalue weighted by Crippen LogP contribution is 2.33. The smallest absolute Gasteiger partial charge is 0.323 e. The summed E-state index contributed by atoms with van der Waals surface area (Å²) in [5, 5.41) is 17.5. The van der Waals surface area contributed by atoms with Crippen LogP contribution in [0.25, 0.3) is 11.4 Å². The number of anilines is 2. The van der Waals surface area contributed by atoms with E-state index >= 15 is 0 Å². The first-order valence-electron chi connectivity index (χ1n) is 5.72. The van der Waals surface area contributed by atoms with Crippen molar-refractivity contribution < 1.29 is 4.79 Å². The van der Waals surface area contributed by atoms with Gasteiger partial charge in [0, 0.05) is 10.9 Å². The highest BCUT2D eigenvalue weighted by atomic mass is 32.1. The van der Waals surface area contributed by atoms with Crippen LogP contribution in [-0.4, -0.2) is 26.7 Å². The summed E-state index contributed by atoms with van der Waals surface area (Å²) >= 11 is 1.48. The number of thiophene rings is 1. The summed E-state index contributed by atoms with van der Waals surface area (Å²) in [6.45, 7) is 0. The quantitative estimate of drug-likeness (QED) is 0.770. The number of benzene rings is 1. The molecule has 0 unspecified atom stereocenters. The lowest BCUT2D eigenvalue weighted by molar-refractivity contribution is 0.256. The molecule has 0 saturated heterocycles. The molecule has 0 aliphatic heterocycles. The van der Waals surface area contributed by atoms with Crippen molar-refractivity contribution in [2.24, 2.45) is 5.73 Å². The van der Waals surface area contributed by atoms with Crippen LogP contribution in [0.15, 0.2) is 41.1 Å². The van der Waals surface area contributed by atoms with Crippen molar-refractivity contribution in [2.75, 3.05) is 4.90 Å². The van der Waals surface area contributed by atoms with Gasteiger partial charge >= 0.3 is 6.03 Å². The number of nitrogens with zero attached hydrogens (tertiary/aromatic N) is 4. The highest BCUT2D eigenvalue weighted by molar-refractivity contribution is 7.08. The third kappa shape index (κ3) is 2.12. The molecule has 3 N–H and O–H groups in total. The highest BCUT2D eigenvalue weighted by Gasteiger charge is 2.20. The Morgan fingerprint density at radius 2 is 2.15 bits per heavy atom. The lowest BCUT2D eigenvalue weighted by Crippen LogP contribution is -2.31. The first-order chi connectivity index (χ1) is 9.77. The molecule has 2 aromatic heterocycles. The Bertz CT molecular complexity index is 709. The third-order valence-electron chi connectivity index (χ3n) is 2.72. The van der Waals surface area contributed by atoms with Gasteiger partial charge in [0.2, 0.25) is 5.82 Å². The molecule has 0 aliphatic carbocycles. The van der Waals surface area contributed by atoms with Crippen LogP contribution in [0, 0.1) is 0 Å². The predicted octanol–water partition coefficient (Wildman–Crippen LogP) is 2.15. The number of primary amides is 1. The number of nitrogens with one attached hydrogen (secondary N) is 1. The van der Waals surface area contributed by atoms with E-state index in [4.69, 9.17) is 5.73 Å². The second-order valence-corrected chi connectivity index (χ2v) is 4.69. The van der Waals surface area contributed by atoms with Crippen LogP contribution in [0.3, 0.4) is 0 Å². The van der Waals surface area contributed by atoms with Crippen molar-refractivity contribution in [3.8, 4) is 11.4 Å². The number of carbonyl (C=O) groups is 1. The summed E-state index contributed by atoms with van der Waals surface area (Å²) in [5.74, 6) is 0.405. The van der Waals surface area contributed by atoms with Crippen LogP contribution in [0.5, 0.6) is 0 Å².